The van der Waals surface area contributed by atoms with E-state index in [4.69, 9.17) is 21.1 Å². The predicted octanol–water partition coefficient (Wildman–Crippen LogP) is 3.38. The van der Waals surface area contributed by atoms with Crippen LogP contribution >= 0.6 is 27.5 Å². The van der Waals surface area contributed by atoms with Crippen molar-refractivity contribution in [3.05, 3.63) is 57.5 Å². The normalized spacial score (nSPS) is 16.7. The summed E-state index contributed by atoms with van der Waals surface area (Å²) < 4.78 is 38.2. The van der Waals surface area contributed by atoms with Crippen molar-refractivity contribution in [1.29, 1.82) is 0 Å². The molecule has 0 aromatic heterocycles. The fourth-order valence-corrected chi connectivity index (χ4v) is 3.88. The van der Waals surface area contributed by atoms with Gasteiger partial charge in [0.15, 0.2) is 0 Å². The highest BCUT2D eigenvalue weighted by atomic mass is 79.9. The number of nitrogens with one attached hydrogen (secondary N) is 1. The second kappa shape index (κ2) is 7.87. The van der Waals surface area contributed by atoms with Crippen molar-refractivity contribution < 1.29 is 27.5 Å². The molecule has 27 heavy (non-hydrogen) atoms. The van der Waals surface area contributed by atoms with Crippen LogP contribution in [0.25, 0.3) is 0 Å². The van der Waals surface area contributed by atoms with Gasteiger partial charge < -0.3 is 9.47 Å². The lowest BCUT2D eigenvalue weighted by Gasteiger charge is -2.12. The maximum absolute atomic E-state index is 12.6. The minimum atomic E-state index is -3.96. The number of benzene rings is 2. The van der Waals surface area contributed by atoms with Crippen molar-refractivity contribution in [3.63, 3.8) is 0 Å². The van der Waals surface area contributed by atoms with E-state index in [1.807, 2.05) is 0 Å². The Hall–Kier alpha value is -2.10. The van der Waals surface area contributed by atoms with E-state index >= 15 is 0 Å². The van der Waals surface area contributed by atoms with Crippen molar-refractivity contribution >= 4 is 55.2 Å². The standard InChI is InChI=1S/C17H13BrClNO6S/c18-10-1-3-11(4-2-10)20-27(23,24)12-5-6-14(19)13(9-12)16(21)26-15-7-8-25-17(15)22/h1-6,9,15,20H,7-8H2/t15-/m1/s1. The van der Waals surface area contributed by atoms with Gasteiger partial charge in [0.25, 0.3) is 10.0 Å². The van der Waals surface area contributed by atoms with E-state index < -0.39 is 28.1 Å². The van der Waals surface area contributed by atoms with E-state index in [2.05, 4.69) is 20.7 Å². The summed E-state index contributed by atoms with van der Waals surface area (Å²) in [4.78, 5) is 23.6. The topological polar surface area (TPSA) is 98.8 Å². The maximum atomic E-state index is 12.6. The third-order valence-electron chi connectivity index (χ3n) is 3.70. The molecule has 142 valence electrons. The Labute approximate surface area is 168 Å². The average Bonchev–Trinajstić information content (AvgIpc) is 3.01. The molecule has 1 aliphatic heterocycles. The number of hydrogen-bond acceptors (Lipinski definition) is 6. The molecule has 1 heterocycles. The van der Waals surface area contributed by atoms with Gasteiger partial charge in [0.2, 0.25) is 6.10 Å². The lowest BCUT2D eigenvalue weighted by atomic mass is 10.2. The molecule has 1 fully saturated rings. The van der Waals surface area contributed by atoms with Crippen LogP contribution in [0.4, 0.5) is 5.69 Å². The molecule has 1 N–H and O–H groups in total. The zero-order valence-electron chi connectivity index (χ0n) is 13.6. The van der Waals surface area contributed by atoms with Crippen molar-refractivity contribution in [2.75, 3.05) is 11.3 Å². The Kier molecular flexibility index (Phi) is 5.73. The number of cyclic esters (lactones) is 1. The minimum Gasteiger partial charge on any atom is -0.463 e. The fourth-order valence-electron chi connectivity index (χ4n) is 2.34. The molecule has 0 aliphatic carbocycles. The number of hydrogen-bond donors (Lipinski definition) is 1. The van der Waals surface area contributed by atoms with Crippen LogP contribution in [0.1, 0.15) is 16.8 Å². The maximum Gasteiger partial charge on any atom is 0.347 e. The highest BCUT2D eigenvalue weighted by molar-refractivity contribution is 9.10. The van der Waals surface area contributed by atoms with Gasteiger partial charge in [-0.3, -0.25) is 4.72 Å². The number of rotatable bonds is 5. The first kappa shape index (κ1) is 19.7. The molecule has 3 rings (SSSR count). The molecule has 10 heteroatoms. The van der Waals surface area contributed by atoms with Gasteiger partial charge >= 0.3 is 11.9 Å². The van der Waals surface area contributed by atoms with Crippen molar-refractivity contribution in [1.82, 2.24) is 0 Å². The number of esters is 2. The molecule has 0 amide bonds. The van der Waals surface area contributed by atoms with Crippen LogP contribution in [0.2, 0.25) is 5.02 Å². The molecule has 1 aliphatic rings. The van der Waals surface area contributed by atoms with Gasteiger partial charge in [-0.25, -0.2) is 18.0 Å². The van der Waals surface area contributed by atoms with E-state index in [1.54, 1.807) is 24.3 Å². The Morgan fingerprint density at radius 3 is 2.56 bits per heavy atom. The minimum absolute atomic E-state index is 0.00829. The van der Waals surface area contributed by atoms with Gasteiger partial charge in [-0.15, -0.1) is 0 Å². The van der Waals surface area contributed by atoms with Crippen molar-refractivity contribution in [3.8, 4) is 0 Å². The van der Waals surface area contributed by atoms with Gasteiger partial charge in [-0.05, 0) is 42.5 Å². The number of ether oxygens (including phenoxy) is 2. The highest BCUT2D eigenvalue weighted by Gasteiger charge is 2.31. The number of sulfonamides is 1. The van der Waals surface area contributed by atoms with Crippen LogP contribution in [-0.4, -0.2) is 33.1 Å². The number of anilines is 1. The van der Waals surface area contributed by atoms with Crippen LogP contribution in [0.3, 0.4) is 0 Å². The van der Waals surface area contributed by atoms with E-state index in [1.165, 1.54) is 12.1 Å². The van der Waals surface area contributed by atoms with Gasteiger partial charge in [0, 0.05) is 16.6 Å². The van der Waals surface area contributed by atoms with Crippen molar-refractivity contribution in [2.45, 2.75) is 17.4 Å². The SMILES string of the molecule is O=C(O[C@@H]1CCOC1=O)c1cc(S(=O)(=O)Nc2ccc(Br)cc2)ccc1Cl. The zero-order chi connectivity index (χ0) is 19.6. The first-order valence-corrected chi connectivity index (χ1v) is 10.4. The van der Waals surface area contributed by atoms with Crippen LogP contribution in [0.5, 0.6) is 0 Å². The Balaban J connectivity index is 1.84. The monoisotopic (exact) mass is 473 g/mol. The number of carbonyl (C=O) groups is 2. The summed E-state index contributed by atoms with van der Waals surface area (Å²) in [7, 11) is -3.96. The Morgan fingerprint density at radius 2 is 1.93 bits per heavy atom. The average molecular weight is 475 g/mol. The van der Waals surface area contributed by atoms with Gasteiger partial charge in [-0.2, -0.15) is 0 Å². The molecule has 0 saturated carbocycles. The molecule has 0 bridgehead atoms. The molecular weight excluding hydrogens is 462 g/mol. The first-order chi connectivity index (χ1) is 12.8. The summed E-state index contributed by atoms with van der Waals surface area (Å²) in [6, 6.07) is 10.2. The fraction of sp³-hybridized carbons (Fsp3) is 0.176. The van der Waals surface area contributed by atoms with E-state index in [0.717, 1.165) is 10.5 Å². The van der Waals surface area contributed by atoms with Gasteiger partial charge in [-0.1, -0.05) is 27.5 Å². The first-order valence-electron chi connectivity index (χ1n) is 7.72. The summed E-state index contributed by atoms with van der Waals surface area (Å²) in [5, 5.41) is 0.00829. The molecule has 1 saturated heterocycles. The van der Waals surface area contributed by atoms with Crippen LogP contribution in [0.15, 0.2) is 51.8 Å². The summed E-state index contributed by atoms with van der Waals surface area (Å²) in [5.74, 6) is -1.54. The van der Waals surface area contributed by atoms with E-state index in [9.17, 15) is 18.0 Å². The predicted molar refractivity (Wildman–Crippen MR) is 101 cm³/mol. The second-order valence-electron chi connectivity index (χ2n) is 5.60. The van der Waals surface area contributed by atoms with Gasteiger partial charge in [0.05, 0.1) is 22.1 Å². The molecule has 2 aromatic rings. The van der Waals surface area contributed by atoms with Crippen LogP contribution in [0, 0.1) is 0 Å². The van der Waals surface area contributed by atoms with Crippen LogP contribution < -0.4 is 4.72 Å². The molecule has 1 atom stereocenters. The number of carbonyl (C=O) groups excluding carboxylic acids is 2. The lowest BCUT2D eigenvalue weighted by molar-refractivity contribution is -0.145. The van der Waals surface area contributed by atoms with E-state index in [-0.39, 0.29) is 28.5 Å². The highest BCUT2D eigenvalue weighted by Crippen LogP contribution is 2.25. The smallest absolute Gasteiger partial charge is 0.347 e. The third kappa shape index (κ3) is 4.60. The molecular formula is C17H13BrClNO6S. The lowest BCUT2D eigenvalue weighted by Crippen LogP contribution is -2.23. The quantitative estimate of drug-likeness (QED) is 0.667. The molecule has 2 aromatic carbocycles. The zero-order valence-corrected chi connectivity index (χ0v) is 16.8. The summed E-state index contributed by atoms with van der Waals surface area (Å²) in [5.41, 5.74) is 0.195. The van der Waals surface area contributed by atoms with Gasteiger partial charge in [0.1, 0.15) is 0 Å². The van der Waals surface area contributed by atoms with Crippen molar-refractivity contribution in [2.24, 2.45) is 0 Å². The van der Waals surface area contributed by atoms with Crippen LogP contribution in [-0.2, 0) is 24.3 Å². The summed E-state index contributed by atoms with van der Waals surface area (Å²) in [6.45, 7) is 0.163. The molecule has 0 unspecified atom stereocenters. The third-order valence-corrected chi connectivity index (χ3v) is 5.94. The van der Waals surface area contributed by atoms with E-state index in [0.29, 0.717) is 5.69 Å². The largest absolute Gasteiger partial charge is 0.463 e. The summed E-state index contributed by atoms with van der Waals surface area (Å²) in [6.07, 6.45) is -0.777. The summed E-state index contributed by atoms with van der Waals surface area (Å²) >= 11 is 9.27. The Morgan fingerprint density at radius 1 is 1.22 bits per heavy atom. The second-order valence-corrected chi connectivity index (χ2v) is 8.61. The molecule has 7 nitrogen and oxygen atoms in total. The number of halogens is 2. The molecule has 0 spiro atoms. The molecule has 0 radical (unpaired) electrons. The Bertz CT molecular complexity index is 993.